The van der Waals surface area contributed by atoms with Crippen LogP contribution < -0.4 is 0 Å². The standard InChI is InChI=1S/C14H21N3O/c1-12-7-6-8-13(15-12)11-16(2)14(18)17-9-4-3-5-10-17/h6-8H,3-5,9-11H2,1-2H3. The van der Waals surface area contributed by atoms with Gasteiger partial charge in [0.1, 0.15) is 0 Å². The number of hydrogen-bond donors (Lipinski definition) is 0. The first-order chi connectivity index (χ1) is 8.66. The Morgan fingerprint density at radius 2 is 2.06 bits per heavy atom. The Bertz CT molecular complexity index is 413. The summed E-state index contributed by atoms with van der Waals surface area (Å²) in [7, 11) is 1.85. The molecule has 2 rings (SSSR count). The molecule has 0 saturated carbocycles. The highest BCUT2D eigenvalue weighted by atomic mass is 16.2. The topological polar surface area (TPSA) is 36.4 Å². The van der Waals surface area contributed by atoms with Gasteiger partial charge in [0, 0.05) is 25.8 Å². The van der Waals surface area contributed by atoms with Crippen LogP contribution >= 0.6 is 0 Å². The minimum atomic E-state index is 0.123. The van der Waals surface area contributed by atoms with Crippen LogP contribution in [0.1, 0.15) is 30.7 Å². The first kappa shape index (κ1) is 12.9. The lowest BCUT2D eigenvalue weighted by atomic mass is 10.1. The number of likely N-dealkylation sites (tertiary alicyclic amines) is 1. The second-order valence-electron chi connectivity index (χ2n) is 4.96. The molecule has 0 spiro atoms. The van der Waals surface area contributed by atoms with E-state index in [-0.39, 0.29) is 6.03 Å². The van der Waals surface area contributed by atoms with Gasteiger partial charge in [-0.3, -0.25) is 4.98 Å². The first-order valence-electron chi connectivity index (χ1n) is 6.59. The summed E-state index contributed by atoms with van der Waals surface area (Å²) in [6.07, 6.45) is 3.50. The van der Waals surface area contributed by atoms with Gasteiger partial charge >= 0.3 is 6.03 Å². The fraction of sp³-hybridized carbons (Fsp3) is 0.571. The van der Waals surface area contributed by atoms with Crippen molar-refractivity contribution in [2.45, 2.75) is 32.7 Å². The number of carbonyl (C=O) groups excluding carboxylic acids is 1. The summed E-state index contributed by atoms with van der Waals surface area (Å²) in [5, 5.41) is 0. The van der Waals surface area contributed by atoms with E-state index in [0.717, 1.165) is 37.3 Å². The van der Waals surface area contributed by atoms with Crippen LogP contribution in [0.15, 0.2) is 18.2 Å². The molecule has 4 heteroatoms. The Labute approximate surface area is 109 Å². The molecular formula is C14H21N3O. The SMILES string of the molecule is Cc1cccc(CN(C)C(=O)N2CCCCC2)n1. The van der Waals surface area contributed by atoms with Gasteiger partial charge in [-0.25, -0.2) is 4.79 Å². The van der Waals surface area contributed by atoms with Crippen molar-refractivity contribution in [1.29, 1.82) is 0 Å². The third-order valence-electron chi connectivity index (χ3n) is 3.30. The largest absolute Gasteiger partial charge is 0.325 e. The molecule has 0 atom stereocenters. The van der Waals surface area contributed by atoms with Gasteiger partial charge in [0.05, 0.1) is 12.2 Å². The fourth-order valence-electron chi connectivity index (χ4n) is 2.32. The third kappa shape index (κ3) is 3.22. The maximum absolute atomic E-state index is 12.2. The smallest absolute Gasteiger partial charge is 0.320 e. The number of aromatic nitrogens is 1. The molecule has 0 unspecified atom stereocenters. The summed E-state index contributed by atoms with van der Waals surface area (Å²) in [6.45, 7) is 4.34. The number of pyridine rings is 1. The van der Waals surface area contributed by atoms with Crippen molar-refractivity contribution in [2.24, 2.45) is 0 Å². The van der Waals surface area contributed by atoms with Gasteiger partial charge < -0.3 is 9.80 Å². The van der Waals surface area contributed by atoms with Gasteiger partial charge in [0.2, 0.25) is 0 Å². The van der Waals surface area contributed by atoms with Gasteiger partial charge in [0.25, 0.3) is 0 Å². The monoisotopic (exact) mass is 247 g/mol. The minimum absolute atomic E-state index is 0.123. The van der Waals surface area contributed by atoms with E-state index in [2.05, 4.69) is 4.98 Å². The molecule has 1 aliphatic heterocycles. The average molecular weight is 247 g/mol. The Hall–Kier alpha value is -1.58. The Morgan fingerprint density at radius 3 is 2.72 bits per heavy atom. The van der Waals surface area contributed by atoms with Crippen molar-refractivity contribution < 1.29 is 4.79 Å². The Kier molecular flexibility index (Phi) is 4.18. The summed E-state index contributed by atoms with van der Waals surface area (Å²) in [4.78, 5) is 20.3. The second-order valence-corrected chi connectivity index (χ2v) is 4.96. The number of aryl methyl sites for hydroxylation is 1. The maximum atomic E-state index is 12.2. The molecule has 1 saturated heterocycles. The molecule has 2 heterocycles. The van der Waals surface area contributed by atoms with Crippen LogP contribution in [0.5, 0.6) is 0 Å². The van der Waals surface area contributed by atoms with Crippen LogP contribution in [0.4, 0.5) is 4.79 Å². The van der Waals surface area contributed by atoms with Gasteiger partial charge in [0.15, 0.2) is 0 Å². The van der Waals surface area contributed by atoms with Gasteiger partial charge in [-0.05, 0) is 38.3 Å². The molecule has 18 heavy (non-hydrogen) atoms. The molecule has 0 radical (unpaired) electrons. The lowest BCUT2D eigenvalue weighted by molar-refractivity contribution is 0.150. The molecule has 1 aromatic rings. The lowest BCUT2D eigenvalue weighted by Crippen LogP contribution is -2.43. The zero-order valence-electron chi connectivity index (χ0n) is 11.2. The summed E-state index contributed by atoms with van der Waals surface area (Å²) >= 11 is 0. The number of nitrogens with zero attached hydrogens (tertiary/aromatic N) is 3. The van der Waals surface area contributed by atoms with E-state index in [1.54, 1.807) is 4.90 Å². The van der Waals surface area contributed by atoms with Crippen molar-refractivity contribution in [3.63, 3.8) is 0 Å². The van der Waals surface area contributed by atoms with Gasteiger partial charge in [-0.2, -0.15) is 0 Å². The number of piperidine rings is 1. The minimum Gasteiger partial charge on any atom is -0.325 e. The molecule has 1 fully saturated rings. The number of hydrogen-bond acceptors (Lipinski definition) is 2. The zero-order valence-corrected chi connectivity index (χ0v) is 11.2. The fourth-order valence-corrected chi connectivity index (χ4v) is 2.32. The number of carbonyl (C=O) groups is 1. The van der Waals surface area contributed by atoms with E-state index >= 15 is 0 Å². The lowest BCUT2D eigenvalue weighted by Gasteiger charge is -2.30. The average Bonchev–Trinajstić information content (AvgIpc) is 2.39. The van der Waals surface area contributed by atoms with E-state index in [4.69, 9.17) is 0 Å². The van der Waals surface area contributed by atoms with Crippen LogP contribution in [0, 0.1) is 6.92 Å². The maximum Gasteiger partial charge on any atom is 0.320 e. The molecule has 0 bridgehead atoms. The highest BCUT2D eigenvalue weighted by Gasteiger charge is 2.20. The van der Waals surface area contributed by atoms with Crippen molar-refractivity contribution in [2.75, 3.05) is 20.1 Å². The molecule has 98 valence electrons. The number of rotatable bonds is 2. The van der Waals surface area contributed by atoms with E-state index in [0.29, 0.717) is 6.54 Å². The summed E-state index contributed by atoms with van der Waals surface area (Å²) in [5.41, 5.74) is 1.94. The Morgan fingerprint density at radius 1 is 1.33 bits per heavy atom. The van der Waals surface area contributed by atoms with Crippen molar-refractivity contribution in [3.8, 4) is 0 Å². The van der Waals surface area contributed by atoms with Gasteiger partial charge in [-0.1, -0.05) is 6.07 Å². The summed E-state index contributed by atoms with van der Waals surface area (Å²) < 4.78 is 0. The third-order valence-corrected chi connectivity index (χ3v) is 3.30. The van der Waals surface area contributed by atoms with Crippen molar-refractivity contribution in [3.05, 3.63) is 29.6 Å². The van der Waals surface area contributed by atoms with Crippen molar-refractivity contribution >= 4 is 6.03 Å². The van der Waals surface area contributed by atoms with E-state index < -0.39 is 0 Å². The summed E-state index contributed by atoms with van der Waals surface area (Å²) in [5.74, 6) is 0. The van der Waals surface area contributed by atoms with Crippen LogP contribution in [0.2, 0.25) is 0 Å². The predicted octanol–water partition coefficient (Wildman–Crippen LogP) is 2.43. The molecule has 0 aromatic carbocycles. The molecule has 0 N–H and O–H groups in total. The van der Waals surface area contributed by atoms with E-state index in [1.165, 1.54) is 6.42 Å². The van der Waals surface area contributed by atoms with Crippen LogP contribution in [0.25, 0.3) is 0 Å². The zero-order chi connectivity index (χ0) is 13.0. The Balaban J connectivity index is 1.94. The molecule has 1 aromatic heterocycles. The molecular weight excluding hydrogens is 226 g/mol. The highest BCUT2D eigenvalue weighted by Crippen LogP contribution is 2.12. The van der Waals surface area contributed by atoms with Crippen LogP contribution in [0.3, 0.4) is 0 Å². The van der Waals surface area contributed by atoms with Crippen molar-refractivity contribution in [1.82, 2.24) is 14.8 Å². The summed E-state index contributed by atoms with van der Waals surface area (Å²) in [6, 6.07) is 6.04. The normalized spacial score (nSPS) is 15.6. The number of urea groups is 1. The molecule has 0 aliphatic carbocycles. The second kappa shape index (κ2) is 5.85. The molecule has 4 nitrogen and oxygen atoms in total. The number of amides is 2. The quantitative estimate of drug-likeness (QED) is 0.804. The predicted molar refractivity (Wildman–Crippen MR) is 71.3 cm³/mol. The van der Waals surface area contributed by atoms with E-state index in [9.17, 15) is 4.79 Å². The van der Waals surface area contributed by atoms with E-state index in [1.807, 2.05) is 37.1 Å². The highest BCUT2D eigenvalue weighted by molar-refractivity contribution is 5.74. The molecule has 2 amide bonds. The van der Waals surface area contributed by atoms with Crippen LogP contribution in [-0.2, 0) is 6.54 Å². The van der Waals surface area contributed by atoms with Gasteiger partial charge in [-0.15, -0.1) is 0 Å². The first-order valence-corrected chi connectivity index (χ1v) is 6.59. The van der Waals surface area contributed by atoms with Crippen LogP contribution in [-0.4, -0.2) is 41.0 Å². The molecule has 1 aliphatic rings.